The van der Waals surface area contributed by atoms with Crippen molar-refractivity contribution in [3.05, 3.63) is 139 Å². The van der Waals surface area contributed by atoms with E-state index in [1.807, 2.05) is 36.5 Å². The lowest BCUT2D eigenvalue weighted by atomic mass is 10.0. The Labute approximate surface area is 320 Å². The topological polar surface area (TPSA) is 60.3 Å². The van der Waals surface area contributed by atoms with Crippen LogP contribution in [0.1, 0.15) is 129 Å². The van der Waals surface area contributed by atoms with E-state index in [9.17, 15) is 0 Å². The SMILES string of the molecule is C.C.C.C.C.CC(C)C.CC(C)C.CC(C)c1c[nH]c2ccccc12.CC(C)c1cc2ccccc2[nH]1.c1ccc2[nH]ccc2c1.c1ccncc1. The van der Waals surface area contributed by atoms with Crippen molar-refractivity contribution in [2.24, 2.45) is 11.8 Å². The van der Waals surface area contributed by atoms with Crippen molar-refractivity contribution in [2.75, 3.05) is 0 Å². The van der Waals surface area contributed by atoms with Gasteiger partial charge in [-0.15, -0.1) is 0 Å². The first-order valence-corrected chi connectivity index (χ1v) is 17.0. The smallest absolute Gasteiger partial charge is 0.0456 e. The molecule has 3 aromatic carbocycles. The Hall–Kier alpha value is -4.57. The van der Waals surface area contributed by atoms with Crippen LogP contribution >= 0.6 is 0 Å². The number of para-hydroxylation sites is 3. The summed E-state index contributed by atoms with van der Waals surface area (Å²) in [4.78, 5) is 13.6. The van der Waals surface area contributed by atoms with E-state index in [0.29, 0.717) is 11.8 Å². The minimum atomic E-state index is 0. The molecule has 0 aliphatic rings. The van der Waals surface area contributed by atoms with Crippen molar-refractivity contribution >= 4 is 32.7 Å². The average Bonchev–Trinajstić information content (AvgIpc) is 3.81. The van der Waals surface area contributed by atoms with E-state index in [1.54, 1.807) is 12.4 Å². The molecule has 290 valence electrons. The third kappa shape index (κ3) is 20.9. The Morgan fingerprint density at radius 2 is 0.942 bits per heavy atom. The van der Waals surface area contributed by atoms with E-state index in [1.165, 1.54) is 44.0 Å². The predicted octanol–water partition coefficient (Wildman–Crippen LogP) is 16.3. The molecule has 0 bridgehead atoms. The number of fused-ring (bicyclic) bond motifs is 3. The molecule has 7 aromatic rings. The van der Waals surface area contributed by atoms with Crippen LogP contribution in [-0.2, 0) is 0 Å². The molecule has 0 unspecified atom stereocenters. The maximum Gasteiger partial charge on any atom is 0.0456 e. The Bertz CT molecular complexity index is 1660. The van der Waals surface area contributed by atoms with Gasteiger partial charge in [-0.1, -0.05) is 167 Å². The molecule has 0 fully saturated rings. The molecule has 0 amide bonds. The van der Waals surface area contributed by atoms with E-state index >= 15 is 0 Å². The molecule has 4 aromatic heterocycles. The van der Waals surface area contributed by atoms with Crippen LogP contribution in [0.25, 0.3) is 32.7 Å². The van der Waals surface area contributed by atoms with Gasteiger partial charge in [-0.3, -0.25) is 4.98 Å². The van der Waals surface area contributed by atoms with Gasteiger partial charge in [0.1, 0.15) is 0 Å². The molecule has 4 nitrogen and oxygen atoms in total. The van der Waals surface area contributed by atoms with Crippen molar-refractivity contribution in [2.45, 2.75) is 118 Å². The zero-order valence-electron chi connectivity index (χ0n) is 30.4. The van der Waals surface area contributed by atoms with Gasteiger partial charge in [-0.25, -0.2) is 0 Å². The standard InChI is InChI=1S/2C11H13N.C8H7N.C5H5N.2C4H10.5CH4/c1-8(2)10-7-12-11-6-4-3-5-9(10)11;1-8(2)11-7-9-5-3-4-6-10(9)12-11;1-2-4-8-7(3-1)5-6-9-8;1-2-4-6-5-3-1;2*1-4(2)3;;;;;/h2*3-8,12H,1-2H3;1-6,9H;1-5H;2*4H,1-3H3;5*1H4. The molecule has 4 heteroatoms. The van der Waals surface area contributed by atoms with Gasteiger partial charge in [-0.05, 0) is 82.5 Å². The maximum atomic E-state index is 3.78. The number of aromatic amines is 3. The Balaban J connectivity index is -0.000000273. The van der Waals surface area contributed by atoms with Crippen LogP contribution in [0.3, 0.4) is 0 Å². The molecule has 52 heavy (non-hydrogen) atoms. The lowest BCUT2D eigenvalue weighted by Gasteiger charge is -2.00. The van der Waals surface area contributed by atoms with Gasteiger partial charge >= 0.3 is 0 Å². The van der Waals surface area contributed by atoms with Crippen LogP contribution in [0.2, 0.25) is 0 Å². The molecule has 0 radical (unpaired) electrons. The minimum Gasteiger partial charge on any atom is -0.361 e. The lowest BCUT2D eigenvalue weighted by molar-refractivity contribution is 0.736. The molecular formula is C48H78N4. The van der Waals surface area contributed by atoms with E-state index in [-0.39, 0.29) is 37.1 Å². The highest BCUT2D eigenvalue weighted by Crippen LogP contribution is 2.24. The van der Waals surface area contributed by atoms with E-state index in [0.717, 1.165) is 11.8 Å². The highest BCUT2D eigenvalue weighted by Gasteiger charge is 2.05. The Morgan fingerprint density at radius 1 is 0.462 bits per heavy atom. The van der Waals surface area contributed by atoms with Gasteiger partial charge in [-0.2, -0.15) is 0 Å². The molecule has 7 rings (SSSR count). The summed E-state index contributed by atoms with van der Waals surface area (Å²) in [6.45, 7) is 21.8. The summed E-state index contributed by atoms with van der Waals surface area (Å²) in [6.07, 6.45) is 7.56. The van der Waals surface area contributed by atoms with Gasteiger partial charge in [0.15, 0.2) is 0 Å². The highest BCUT2D eigenvalue weighted by atomic mass is 14.7. The van der Waals surface area contributed by atoms with Crippen LogP contribution in [-0.4, -0.2) is 19.9 Å². The second-order valence-electron chi connectivity index (χ2n) is 13.5. The summed E-state index contributed by atoms with van der Waals surface area (Å²) in [7, 11) is 0. The summed E-state index contributed by atoms with van der Waals surface area (Å²) < 4.78 is 0. The molecular weight excluding hydrogens is 633 g/mol. The number of aromatic nitrogens is 4. The van der Waals surface area contributed by atoms with Crippen molar-refractivity contribution in [1.82, 2.24) is 19.9 Å². The molecule has 0 saturated carbocycles. The molecule has 0 atom stereocenters. The van der Waals surface area contributed by atoms with E-state index in [4.69, 9.17) is 0 Å². The molecule has 4 heterocycles. The van der Waals surface area contributed by atoms with Gasteiger partial charge in [0.25, 0.3) is 0 Å². The molecule has 0 aliphatic carbocycles. The summed E-state index contributed by atoms with van der Waals surface area (Å²) in [5.74, 6) is 2.85. The largest absolute Gasteiger partial charge is 0.361 e. The van der Waals surface area contributed by atoms with E-state index in [2.05, 4.69) is 168 Å². The third-order valence-corrected chi connectivity index (χ3v) is 6.45. The number of hydrogen-bond donors (Lipinski definition) is 3. The first-order valence-electron chi connectivity index (χ1n) is 17.0. The van der Waals surface area contributed by atoms with Crippen LogP contribution in [0.15, 0.2) is 128 Å². The van der Waals surface area contributed by atoms with E-state index < -0.39 is 0 Å². The van der Waals surface area contributed by atoms with Gasteiger partial charge in [0.05, 0.1) is 0 Å². The summed E-state index contributed by atoms with van der Waals surface area (Å²) >= 11 is 0. The molecule has 3 N–H and O–H groups in total. The normalized spacial score (nSPS) is 9.27. The summed E-state index contributed by atoms with van der Waals surface area (Å²) in [5.41, 5.74) is 6.40. The fourth-order valence-corrected chi connectivity index (χ4v) is 4.29. The quantitative estimate of drug-likeness (QED) is 0.164. The van der Waals surface area contributed by atoms with Crippen LogP contribution in [0.4, 0.5) is 0 Å². The monoisotopic (exact) mass is 711 g/mol. The number of hydrogen-bond acceptors (Lipinski definition) is 1. The first kappa shape index (κ1) is 54.2. The second kappa shape index (κ2) is 30.1. The van der Waals surface area contributed by atoms with Gasteiger partial charge in [0, 0.05) is 52.4 Å². The molecule has 0 spiro atoms. The first-order chi connectivity index (χ1) is 22.5. The van der Waals surface area contributed by atoms with Crippen molar-refractivity contribution in [3.63, 3.8) is 0 Å². The second-order valence-corrected chi connectivity index (χ2v) is 13.5. The van der Waals surface area contributed by atoms with Crippen molar-refractivity contribution in [1.29, 1.82) is 0 Å². The zero-order valence-corrected chi connectivity index (χ0v) is 30.4. The number of pyridine rings is 1. The Kier molecular flexibility index (Phi) is 31.4. The van der Waals surface area contributed by atoms with Crippen LogP contribution in [0.5, 0.6) is 0 Å². The fourth-order valence-electron chi connectivity index (χ4n) is 4.29. The Morgan fingerprint density at radius 3 is 1.38 bits per heavy atom. The van der Waals surface area contributed by atoms with Crippen LogP contribution < -0.4 is 0 Å². The number of rotatable bonds is 2. The lowest BCUT2D eigenvalue weighted by Crippen LogP contribution is -1.84. The van der Waals surface area contributed by atoms with Crippen molar-refractivity contribution in [3.8, 4) is 0 Å². The van der Waals surface area contributed by atoms with Gasteiger partial charge < -0.3 is 15.0 Å². The van der Waals surface area contributed by atoms with Crippen LogP contribution in [0, 0.1) is 11.8 Å². The number of nitrogens with one attached hydrogen (secondary N) is 3. The third-order valence-electron chi connectivity index (χ3n) is 6.45. The minimum absolute atomic E-state index is 0. The van der Waals surface area contributed by atoms with Gasteiger partial charge in [0.2, 0.25) is 0 Å². The summed E-state index contributed by atoms with van der Waals surface area (Å²) in [6, 6.07) is 35.0. The summed E-state index contributed by atoms with van der Waals surface area (Å²) in [5, 5.41) is 3.94. The highest BCUT2D eigenvalue weighted by molar-refractivity contribution is 5.83. The fraction of sp³-hybridized carbons (Fsp3) is 0.396. The predicted molar refractivity (Wildman–Crippen MR) is 242 cm³/mol. The average molecular weight is 711 g/mol. The molecule has 0 saturated heterocycles. The number of benzene rings is 3. The number of nitrogens with zero attached hydrogens (tertiary/aromatic N) is 1. The number of H-pyrrole nitrogens is 3. The zero-order chi connectivity index (χ0) is 34.6. The maximum absolute atomic E-state index is 3.78. The molecule has 0 aliphatic heterocycles. The van der Waals surface area contributed by atoms with Crippen molar-refractivity contribution < 1.29 is 0 Å².